The van der Waals surface area contributed by atoms with Gasteiger partial charge in [-0.2, -0.15) is 4.98 Å². The standard InChI is InChI=1S/C22H29N5O3/c1-16-14-27(15-17(2)30-16)21(28)19-5-3-18(4-6-19)13-24-22-23-8-7-20(25-22)26-9-11-29-12-10-26/h3-8,16-17H,9-15H2,1-2H3,(H,23,24,25). The fraction of sp³-hybridized carbons (Fsp3) is 0.500. The van der Waals surface area contributed by atoms with Crippen LogP contribution >= 0.6 is 0 Å². The third kappa shape index (κ3) is 5.06. The van der Waals surface area contributed by atoms with Gasteiger partial charge in [-0.15, -0.1) is 0 Å². The fourth-order valence-corrected chi connectivity index (χ4v) is 3.88. The van der Waals surface area contributed by atoms with Crippen LogP contribution in [0.15, 0.2) is 36.5 Å². The first-order chi connectivity index (χ1) is 14.6. The van der Waals surface area contributed by atoms with Crippen LogP contribution in [0.1, 0.15) is 29.8 Å². The fourth-order valence-electron chi connectivity index (χ4n) is 3.88. The molecule has 1 amide bonds. The summed E-state index contributed by atoms with van der Waals surface area (Å²) >= 11 is 0. The number of carbonyl (C=O) groups is 1. The molecule has 2 aromatic rings. The Kier molecular flexibility index (Phi) is 6.44. The summed E-state index contributed by atoms with van der Waals surface area (Å²) in [6.07, 6.45) is 1.90. The summed E-state index contributed by atoms with van der Waals surface area (Å²) in [5, 5.41) is 3.27. The molecule has 2 aliphatic heterocycles. The van der Waals surface area contributed by atoms with E-state index in [1.807, 2.05) is 49.1 Å². The first-order valence-electron chi connectivity index (χ1n) is 10.5. The zero-order valence-corrected chi connectivity index (χ0v) is 17.6. The maximum absolute atomic E-state index is 12.8. The van der Waals surface area contributed by atoms with Gasteiger partial charge in [0.15, 0.2) is 0 Å². The SMILES string of the molecule is CC1CN(C(=O)c2ccc(CNc3nccc(N4CCOCC4)n3)cc2)CC(C)O1. The van der Waals surface area contributed by atoms with Gasteiger partial charge < -0.3 is 24.6 Å². The van der Waals surface area contributed by atoms with E-state index in [1.54, 1.807) is 6.20 Å². The Labute approximate surface area is 177 Å². The minimum Gasteiger partial charge on any atom is -0.378 e. The van der Waals surface area contributed by atoms with E-state index < -0.39 is 0 Å². The van der Waals surface area contributed by atoms with Crippen LogP contribution < -0.4 is 10.2 Å². The van der Waals surface area contributed by atoms with Crippen molar-refractivity contribution in [1.29, 1.82) is 0 Å². The molecule has 160 valence electrons. The first-order valence-corrected chi connectivity index (χ1v) is 10.5. The molecule has 30 heavy (non-hydrogen) atoms. The van der Waals surface area contributed by atoms with E-state index in [0.717, 1.165) is 37.7 Å². The number of nitrogens with zero attached hydrogens (tertiary/aromatic N) is 4. The summed E-state index contributed by atoms with van der Waals surface area (Å²) < 4.78 is 11.1. The van der Waals surface area contributed by atoms with Crippen LogP contribution in [0.3, 0.4) is 0 Å². The molecule has 0 bridgehead atoms. The highest BCUT2D eigenvalue weighted by molar-refractivity contribution is 5.94. The molecule has 2 unspecified atom stereocenters. The summed E-state index contributed by atoms with van der Waals surface area (Å²) in [7, 11) is 0. The van der Waals surface area contributed by atoms with Gasteiger partial charge in [-0.1, -0.05) is 12.1 Å². The third-order valence-electron chi connectivity index (χ3n) is 5.33. The van der Waals surface area contributed by atoms with E-state index in [9.17, 15) is 4.79 Å². The molecule has 4 rings (SSSR count). The molecule has 0 radical (unpaired) electrons. The normalized spacial score (nSPS) is 22.1. The molecule has 2 atom stereocenters. The van der Waals surface area contributed by atoms with Crippen LogP contribution in [-0.2, 0) is 16.0 Å². The van der Waals surface area contributed by atoms with Crippen LogP contribution in [0.4, 0.5) is 11.8 Å². The van der Waals surface area contributed by atoms with Crippen molar-refractivity contribution in [2.75, 3.05) is 49.6 Å². The van der Waals surface area contributed by atoms with Crippen molar-refractivity contribution in [2.45, 2.75) is 32.6 Å². The highest BCUT2D eigenvalue weighted by atomic mass is 16.5. The summed E-state index contributed by atoms with van der Waals surface area (Å²) in [4.78, 5) is 25.8. The molecular weight excluding hydrogens is 382 g/mol. The van der Waals surface area contributed by atoms with Crippen LogP contribution in [0.25, 0.3) is 0 Å². The number of carbonyl (C=O) groups excluding carboxylic acids is 1. The van der Waals surface area contributed by atoms with Gasteiger partial charge in [0, 0.05) is 44.5 Å². The van der Waals surface area contributed by atoms with Crippen LogP contribution in [0.5, 0.6) is 0 Å². The molecule has 3 heterocycles. The van der Waals surface area contributed by atoms with Crippen molar-refractivity contribution < 1.29 is 14.3 Å². The Morgan fingerprint density at radius 2 is 1.80 bits per heavy atom. The van der Waals surface area contributed by atoms with Gasteiger partial charge >= 0.3 is 0 Å². The van der Waals surface area contributed by atoms with E-state index in [0.29, 0.717) is 31.1 Å². The number of ether oxygens (including phenoxy) is 2. The summed E-state index contributed by atoms with van der Waals surface area (Å²) in [5.41, 5.74) is 1.77. The maximum atomic E-state index is 12.8. The van der Waals surface area contributed by atoms with Gasteiger partial charge in [0.25, 0.3) is 5.91 Å². The van der Waals surface area contributed by atoms with Crippen molar-refractivity contribution in [3.63, 3.8) is 0 Å². The quantitative estimate of drug-likeness (QED) is 0.808. The number of hydrogen-bond acceptors (Lipinski definition) is 7. The molecule has 1 aromatic heterocycles. The lowest BCUT2D eigenvalue weighted by molar-refractivity contribution is -0.0586. The van der Waals surface area contributed by atoms with Gasteiger partial charge in [0.1, 0.15) is 5.82 Å². The first kappa shape index (κ1) is 20.6. The number of aromatic nitrogens is 2. The number of hydrogen-bond donors (Lipinski definition) is 1. The van der Waals surface area contributed by atoms with Gasteiger partial charge in [-0.05, 0) is 37.6 Å². The van der Waals surface area contributed by atoms with Crippen LogP contribution in [0, 0.1) is 0 Å². The van der Waals surface area contributed by atoms with Crippen molar-refractivity contribution in [1.82, 2.24) is 14.9 Å². The average Bonchev–Trinajstić information content (AvgIpc) is 2.78. The Balaban J connectivity index is 1.34. The van der Waals surface area contributed by atoms with E-state index >= 15 is 0 Å². The van der Waals surface area contributed by atoms with Gasteiger partial charge in [-0.25, -0.2) is 4.98 Å². The lowest BCUT2D eigenvalue weighted by atomic mass is 10.1. The highest BCUT2D eigenvalue weighted by Gasteiger charge is 2.26. The second kappa shape index (κ2) is 9.40. The molecule has 0 aliphatic carbocycles. The lowest BCUT2D eigenvalue weighted by Crippen LogP contribution is -2.48. The van der Waals surface area contributed by atoms with Crippen molar-refractivity contribution in [2.24, 2.45) is 0 Å². The number of benzene rings is 1. The summed E-state index contributed by atoms with van der Waals surface area (Å²) in [6.45, 7) is 8.97. The molecule has 2 aliphatic rings. The number of anilines is 2. The molecule has 0 saturated carbocycles. The summed E-state index contributed by atoms with van der Waals surface area (Å²) in [6, 6.07) is 9.63. The number of nitrogens with one attached hydrogen (secondary N) is 1. The predicted molar refractivity (Wildman–Crippen MR) is 115 cm³/mol. The number of amides is 1. The molecule has 1 N–H and O–H groups in total. The second-order valence-corrected chi connectivity index (χ2v) is 7.86. The van der Waals surface area contributed by atoms with Crippen LogP contribution in [-0.4, -0.2) is 72.4 Å². The molecule has 2 saturated heterocycles. The Hall–Kier alpha value is -2.71. The van der Waals surface area contributed by atoms with E-state index in [2.05, 4.69) is 20.2 Å². The van der Waals surface area contributed by atoms with Crippen LogP contribution in [0.2, 0.25) is 0 Å². The Morgan fingerprint density at radius 1 is 1.10 bits per heavy atom. The smallest absolute Gasteiger partial charge is 0.254 e. The number of morpholine rings is 2. The van der Waals surface area contributed by atoms with Crippen molar-refractivity contribution in [3.8, 4) is 0 Å². The van der Waals surface area contributed by atoms with Crippen molar-refractivity contribution >= 4 is 17.7 Å². The summed E-state index contributed by atoms with van der Waals surface area (Å²) in [5.74, 6) is 1.55. The third-order valence-corrected chi connectivity index (χ3v) is 5.33. The zero-order valence-electron chi connectivity index (χ0n) is 17.6. The minimum atomic E-state index is 0.0538. The molecule has 8 heteroatoms. The monoisotopic (exact) mass is 411 g/mol. The van der Waals surface area contributed by atoms with Gasteiger partial charge in [0.2, 0.25) is 5.95 Å². The largest absolute Gasteiger partial charge is 0.378 e. The average molecular weight is 412 g/mol. The zero-order chi connectivity index (χ0) is 20.9. The minimum absolute atomic E-state index is 0.0538. The molecule has 8 nitrogen and oxygen atoms in total. The van der Waals surface area contributed by atoms with Gasteiger partial charge in [0.05, 0.1) is 25.4 Å². The number of rotatable bonds is 5. The predicted octanol–water partition coefficient (Wildman–Crippen LogP) is 2.17. The molecular formula is C22H29N5O3. The molecule has 2 fully saturated rings. The van der Waals surface area contributed by atoms with E-state index in [-0.39, 0.29) is 18.1 Å². The topological polar surface area (TPSA) is 79.8 Å². The Bertz CT molecular complexity index is 844. The molecule has 0 spiro atoms. The second-order valence-electron chi connectivity index (χ2n) is 7.86. The van der Waals surface area contributed by atoms with E-state index in [4.69, 9.17) is 9.47 Å². The van der Waals surface area contributed by atoms with E-state index in [1.165, 1.54) is 0 Å². The van der Waals surface area contributed by atoms with Gasteiger partial charge in [-0.3, -0.25) is 4.79 Å². The lowest BCUT2D eigenvalue weighted by Gasteiger charge is -2.35. The highest BCUT2D eigenvalue weighted by Crippen LogP contribution is 2.17. The Morgan fingerprint density at radius 3 is 2.50 bits per heavy atom. The molecule has 1 aromatic carbocycles. The maximum Gasteiger partial charge on any atom is 0.254 e. The van der Waals surface area contributed by atoms with Crippen molar-refractivity contribution in [3.05, 3.63) is 47.7 Å².